The Morgan fingerprint density at radius 2 is 1.68 bits per heavy atom. The summed E-state index contributed by atoms with van der Waals surface area (Å²) in [5.41, 5.74) is 0.956. The summed E-state index contributed by atoms with van der Waals surface area (Å²) in [5.74, 6) is -1.50. The van der Waals surface area contributed by atoms with Crippen LogP contribution in [0.25, 0.3) is 0 Å². The quantitative estimate of drug-likeness (QED) is 0.747. The molecule has 2 atom stereocenters. The molecule has 4 nitrogen and oxygen atoms in total. The average molecular weight is 388 g/mol. The summed E-state index contributed by atoms with van der Waals surface area (Å²) in [6.07, 6.45) is 0.606. The van der Waals surface area contributed by atoms with Gasteiger partial charge in [-0.05, 0) is 49.6 Å². The molecule has 0 saturated carbocycles. The van der Waals surface area contributed by atoms with E-state index in [1.807, 2.05) is 13.8 Å². The Morgan fingerprint density at radius 1 is 1.04 bits per heavy atom. The number of halogens is 2. The lowest BCUT2D eigenvalue weighted by atomic mass is 10.1. The van der Waals surface area contributed by atoms with Gasteiger partial charge < -0.3 is 10.2 Å². The maximum Gasteiger partial charge on any atom is 0.242 e. The van der Waals surface area contributed by atoms with Gasteiger partial charge in [-0.3, -0.25) is 9.59 Å². The van der Waals surface area contributed by atoms with Crippen LogP contribution in [0.5, 0.6) is 0 Å². The van der Waals surface area contributed by atoms with E-state index in [1.54, 1.807) is 37.3 Å². The standard InChI is InChI=1S/C22H26F2N2O2/c1-4-15(2)25-22(28)16(3)26(14-17-9-11-19(23)12-10-17)21(27)13-18-7-5-6-8-20(18)24/h5-12,15-16H,4,13-14H2,1-3H3,(H,25,28)/t15-,16-/m0/s1. The first kappa shape index (κ1) is 21.5. The zero-order valence-corrected chi connectivity index (χ0v) is 16.4. The number of rotatable bonds is 8. The SMILES string of the molecule is CC[C@H](C)NC(=O)[C@H](C)N(Cc1ccc(F)cc1)C(=O)Cc1ccccc1F. The Bertz CT molecular complexity index is 808. The zero-order valence-electron chi connectivity index (χ0n) is 16.4. The maximum absolute atomic E-state index is 14.0. The predicted octanol–water partition coefficient (Wildman–Crippen LogP) is 3.84. The number of hydrogen-bond acceptors (Lipinski definition) is 2. The minimum Gasteiger partial charge on any atom is -0.352 e. The highest BCUT2D eigenvalue weighted by atomic mass is 19.1. The summed E-state index contributed by atoms with van der Waals surface area (Å²) < 4.78 is 27.2. The first-order valence-electron chi connectivity index (χ1n) is 9.39. The van der Waals surface area contributed by atoms with Crippen molar-refractivity contribution in [1.29, 1.82) is 0 Å². The molecule has 28 heavy (non-hydrogen) atoms. The van der Waals surface area contributed by atoms with Crippen molar-refractivity contribution in [1.82, 2.24) is 10.2 Å². The summed E-state index contributed by atoms with van der Waals surface area (Å²) in [6, 6.07) is 11.0. The highest BCUT2D eigenvalue weighted by molar-refractivity contribution is 5.88. The molecule has 0 radical (unpaired) electrons. The van der Waals surface area contributed by atoms with Gasteiger partial charge in [0.2, 0.25) is 11.8 Å². The van der Waals surface area contributed by atoms with Crippen LogP contribution in [0.2, 0.25) is 0 Å². The second-order valence-electron chi connectivity index (χ2n) is 6.91. The lowest BCUT2D eigenvalue weighted by Crippen LogP contribution is -2.50. The largest absolute Gasteiger partial charge is 0.352 e. The Labute approximate surface area is 164 Å². The fourth-order valence-corrected chi connectivity index (χ4v) is 2.74. The molecule has 150 valence electrons. The molecule has 0 bridgehead atoms. The van der Waals surface area contributed by atoms with E-state index in [9.17, 15) is 18.4 Å². The number of hydrogen-bond donors (Lipinski definition) is 1. The summed E-state index contributed by atoms with van der Waals surface area (Å²) >= 11 is 0. The summed E-state index contributed by atoms with van der Waals surface area (Å²) in [7, 11) is 0. The molecule has 2 aromatic carbocycles. The molecule has 2 rings (SSSR count). The van der Waals surface area contributed by atoms with Crippen molar-refractivity contribution in [3.05, 3.63) is 71.3 Å². The van der Waals surface area contributed by atoms with Crippen LogP contribution in [0.4, 0.5) is 8.78 Å². The van der Waals surface area contributed by atoms with Crippen LogP contribution in [0.15, 0.2) is 48.5 Å². The highest BCUT2D eigenvalue weighted by Gasteiger charge is 2.27. The van der Waals surface area contributed by atoms with E-state index in [2.05, 4.69) is 5.32 Å². The molecule has 1 N–H and O–H groups in total. The van der Waals surface area contributed by atoms with Crippen LogP contribution in [-0.4, -0.2) is 28.8 Å². The van der Waals surface area contributed by atoms with Crippen molar-refractivity contribution in [3.8, 4) is 0 Å². The maximum atomic E-state index is 14.0. The number of amides is 2. The Morgan fingerprint density at radius 3 is 2.29 bits per heavy atom. The second-order valence-corrected chi connectivity index (χ2v) is 6.91. The second kappa shape index (κ2) is 9.97. The molecule has 0 heterocycles. The van der Waals surface area contributed by atoms with Crippen LogP contribution < -0.4 is 5.32 Å². The zero-order chi connectivity index (χ0) is 20.7. The molecule has 2 amide bonds. The van der Waals surface area contributed by atoms with Crippen LogP contribution in [0, 0.1) is 11.6 Å². The van der Waals surface area contributed by atoms with Crippen LogP contribution >= 0.6 is 0 Å². The van der Waals surface area contributed by atoms with Crippen LogP contribution in [0.3, 0.4) is 0 Å². The average Bonchev–Trinajstić information content (AvgIpc) is 2.68. The number of nitrogens with one attached hydrogen (secondary N) is 1. The van der Waals surface area contributed by atoms with E-state index < -0.39 is 11.9 Å². The monoisotopic (exact) mass is 388 g/mol. The summed E-state index contributed by atoms with van der Waals surface area (Å²) in [4.78, 5) is 26.9. The number of carbonyl (C=O) groups excluding carboxylic acids is 2. The summed E-state index contributed by atoms with van der Waals surface area (Å²) in [6.45, 7) is 5.61. The van der Waals surface area contributed by atoms with E-state index in [-0.39, 0.29) is 42.2 Å². The van der Waals surface area contributed by atoms with Gasteiger partial charge in [-0.2, -0.15) is 0 Å². The lowest BCUT2D eigenvalue weighted by Gasteiger charge is -2.30. The van der Waals surface area contributed by atoms with Crippen molar-refractivity contribution >= 4 is 11.8 Å². The van der Waals surface area contributed by atoms with Crippen molar-refractivity contribution < 1.29 is 18.4 Å². The number of benzene rings is 2. The van der Waals surface area contributed by atoms with E-state index in [4.69, 9.17) is 0 Å². The molecule has 0 aliphatic carbocycles. The number of nitrogens with zero attached hydrogens (tertiary/aromatic N) is 1. The molecule has 0 aromatic heterocycles. The van der Waals surface area contributed by atoms with Gasteiger partial charge in [0.15, 0.2) is 0 Å². The third-order valence-corrected chi connectivity index (χ3v) is 4.73. The molecule has 0 unspecified atom stereocenters. The molecule has 0 saturated heterocycles. The highest BCUT2D eigenvalue weighted by Crippen LogP contribution is 2.15. The van der Waals surface area contributed by atoms with Gasteiger partial charge in [-0.25, -0.2) is 8.78 Å². The van der Waals surface area contributed by atoms with Gasteiger partial charge in [-0.15, -0.1) is 0 Å². The van der Waals surface area contributed by atoms with Gasteiger partial charge in [0, 0.05) is 12.6 Å². The van der Waals surface area contributed by atoms with E-state index in [0.29, 0.717) is 5.56 Å². The normalized spacial score (nSPS) is 12.9. The molecule has 0 aliphatic heterocycles. The molecular formula is C22H26F2N2O2. The van der Waals surface area contributed by atoms with Gasteiger partial charge >= 0.3 is 0 Å². The van der Waals surface area contributed by atoms with E-state index in [0.717, 1.165) is 6.42 Å². The molecule has 0 fully saturated rings. The van der Waals surface area contributed by atoms with E-state index >= 15 is 0 Å². The van der Waals surface area contributed by atoms with Gasteiger partial charge in [0.25, 0.3) is 0 Å². The molecular weight excluding hydrogens is 362 g/mol. The molecule has 0 aliphatic rings. The van der Waals surface area contributed by atoms with Crippen molar-refractivity contribution in [3.63, 3.8) is 0 Å². The first-order valence-corrected chi connectivity index (χ1v) is 9.39. The fourth-order valence-electron chi connectivity index (χ4n) is 2.74. The van der Waals surface area contributed by atoms with Gasteiger partial charge in [-0.1, -0.05) is 37.3 Å². The minimum absolute atomic E-state index is 0.0238. The predicted molar refractivity (Wildman–Crippen MR) is 104 cm³/mol. The lowest BCUT2D eigenvalue weighted by molar-refractivity contribution is -0.140. The molecule has 6 heteroatoms. The topological polar surface area (TPSA) is 49.4 Å². The summed E-state index contributed by atoms with van der Waals surface area (Å²) in [5, 5.41) is 2.87. The number of carbonyl (C=O) groups is 2. The third-order valence-electron chi connectivity index (χ3n) is 4.73. The molecule has 2 aromatic rings. The van der Waals surface area contributed by atoms with Crippen molar-refractivity contribution in [2.45, 2.75) is 52.2 Å². The Hall–Kier alpha value is -2.76. The van der Waals surface area contributed by atoms with Crippen LogP contribution in [-0.2, 0) is 22.6 Å². The Balaban J connectivity index is 2.23. The van der Waals surface area contributed by atoms with Gasteiger partial charge in [0.1, 0.15) is 17.7 Å². The van der Waals surface area contributed by atoms with E-state index in [1.165, 1.54) is 23.1 Å². The fraction of sp³-hybridized carbons (Fsp3) is 0.364. The minimum atomic E-state index is -0.752. The molecule has 0 spiro atoms. The first-order chi connectivity index (χ1) is 13.3. The van der Waals surface area contributed by atoms with Gasteiger partial charge in [0.05, 0.1) is 6.42 Å². The van der Waals surface area contributed by atoms with Crippen molar-refractivity contribution in [2.24, 2.45) is 0 Å². The Kier molecular flexibility index (Phi) is 7.67. The smallest absolute Gasteiger partial charge is 0.242 e. The third kappa shape index (κ3) is 5.87. The van der Waals surface area contributed by atoms with Crippen LogP contribution in [0.1, 0.15) is 38.3 Å². The van der Waals surface area contributed by atoms with Crippen molar-refractivity contribution in [2.75, 3.05) is 0 Å².